The summed E-state index contributed by atoms with van der Waals surface area (Å²) in [5.41, 5.74) is 0.729. The van der Waals surface area contributed by atoms with Crippen molar-refractivity contribution in [3.8, 4) is 0 Å². The number of aliphatic hydroxyl groups is 1. The van der Waals surface area contributed by atoms with Crippen molar-refractivity contribution in [3.63, 3.8) is 0 Å². The van der Waals surface area contributed by atoms with Gasteiger partial charge in [-0.1, -0.05) is 13.8 Å². The molecule has 0 unspecified atom stereocenters. The van der Waals surface area contributed by atoms with Crippen LogP contribution in [0.3, 0.4) is 0 Å². The van der Waals surface area contributed by atoms with Gasteiger partial charge in [-0.05, 0) is 38.0 Å². The van der Waals surface area contributed by atoms with Gasteiger partial charge >= 0.3 is 0 Å². The Morgan fingerprint density at radius 1 is 1.25 bits per heavy atom. The molecule has 1 aliphatic carbocycles. The number of rotatable bonds is 4. The van der Waals surface area contributed by atoms with E-state index in [1.54, 1.807) is 13.2 Å². The standard InChI is InChI=1S/C15H26N4O/c1-11-9-17-13(16-4)19-12(11)18-10-15(20)7-5-14(2,3)6-8-15/h9,20H,5-8,10H2,1-4H3,(H2,16,17,18,19). The summed E-state index contributed by atoms with van der Waals surface area (Å²) in [6, 6.07) is 0. The molecule has 5 heteroatoms. The summed E-state index contributed by atoms with van der Waals surface area (Å²) in [6.07, 6.45) is 5.60. The number of nitrogens with one attached hydrogen (secondary N) is 2. The molecule has 0 aromatic carbocycles. The molecule has 5 nitrogen and oxygen atoms in total. The molecular weight excluding hydrogens is 252 g/mol. The van der Waals surface area contributed by atoms with Crippen LogP contribution < -0.4 is 10.6 Å². The SMILES string of the molecule is CNc1ncc(C)c(NCC2(O)CCC(C)(C)CC2)n1. The number of aryl methyl sites for hydroxylation is 1. The van der Waals surface area contributed by atoms with Gasteiger partial charge in [0.05, 0.1) is 5.60 Å². The van der Waals surface area contributed by atoms with E-state index >= 15 is 0 Å². The molecule has 2 rings (SSSR count). The van der Waals surface area contributed by atoms with Gasteiger partial charge in [-0.2, -0.15) is 4.98 Å². The molecule has 112 valence electrons. The van der Waals surface area contributed by atoms with Crippen LogP contribution in [-0.2, 0) is 0 Å². The molecule has 0 radical (unpaired) electrons. The maximum Gasteiger partial charge on any atom is 0.224 e. The molecule has 3 N–H and O–H groups in total. The Bertz CT molecular complexity index is 463. The molecule has 20 heavy (non-hydrogen) atoms. The van der Waals surface area contributed by atoms with Gasteiger partial charge in [0.1, 0.15) is 5.82 Å². The minimum atomic E-state index is -0.618. The molecule has 1 aromatic rings. The smallest absolute Gasteiger partial charge is 0.224 e. The van der Waals surface area contributed by atoms with Gasteiger partial charge in [0.2, 0.25) is 5.95 Å². The Morgan fingerprint density at radius 2 is 1.90 bits per heavy atom. The van der Waals surface area contributed by atoms with Crippen molar-refractivity contribution in [2.45, 2.75) is 52.1 Å². The van der Waals surface area contributed by atoms with Crippen LogP contribution in [0.2, 0.25) is 0 Å². The van der Waals surface area contributed by atoms with E-state index in [1.165, 1.54) is 0 Å². The van der Waals surface area contributed by atoms with E-state index in [4.69, 9.17) is 0 Å². The molecule has 1 aliphatic rings. The zero-order valence-corrected chi connectivity index (χ0v) is 13.0. The monoisotopic (exact) mass is 278 g/mol. The molecule has 1 saturated carbocycles. The zero-order chi connectivity index (χ0) is 14.8. The second-order valence-electron chi connectivity index (χ2n) is 6.72. The molecule has 0 bridgehead atoms. The average molecular weight is 278 g/mol. The third kappa shape index (κ3) is 3.60. The summed E-state index contributed by atoms with van der Waals surface area (Å²) in [5, 5.41) is 16.9. The largest absolute Gasteiger partial charge is 0.388 e. The van der Waals surface area contributed by atoms with E-state index in [0.29, 0.717) is 17.9 Å². The fourth-order valence-corrected chi connectivity index (χ4v) is 2.56. The lowest BCUT2D eigenvalue weighted by atomic mass is 9.71. The van der Waals surface area contributed by atoms with Gasteiger partial charge < -0.3 is 15.7 Å². The summed E-state index contributed by atoms with van der Waals surface area (Å²) < 4.78 is 0. The van der Waals surface area contributed by atoms with Crippen LogP contribution in [0.4, 0.5) is 11.8 Å². The highest BCUT2D eigenvalue weighted by atomic mass is 16.3. The maximum atomic E-state index is 10.7. The molecule has 1 aromatic heterocycles. The van der Waals surface area contributed by atoms with Gasteiger partial charge in [-0.15, -0.1) is 0 Å². The fourth-order valence-electron chi connectivity index (χ4n) is 2.56. The molecule has 1 heterocycles. The Kier molecular flexibility index (Phi) is 4.18. The summed E-state index contributed by atoms with van der Waals surface area (Å²) in [5.74, 6) is 1.39. The van der Waals surface area contributed by atoms with Crippen molar-refractivity contribution >= 4 is 11.8 Å². The number of hydrogen-bond acceptors (Lipinski definition) is 5. The first-order chi connectivity index (χ1) is 9.34. The third-order valence-corrected chi connectivity index (χ3v) is 4.31. The Balaban J connectivity index is 1.98. The van der Waals surface area contributed by atoms with E-state index in [0.717, 1.165) is 37.1 Å². The minimum Gasteiger partial charge on any atom is -0.388 e. The molecule has 0 saturated heterocycles. The summed E-state index contributed by atoms with van der Waals surface area (Å²) in [4.78, 5) is 8.55. The molecule has 0 atom stereocenters. The van der Waals surface area contributed by atoms with Crippen LogP contribution in [0.1, 0.15) is 45.1 Å². The van der Waals surface area contributed by atoms with Crippen LogP contribution >= 0.6 is 0 Å². The quantitative estimate of drug-likeness (QED) is 0.789. The predicted molar refractivity (Wildman–Crippen MR) is 82.0 cm³/mol. The van der Waals surface area contributed by atoms with Crippen LogP contribution in [0.15, 0.2) is 6.20 Å². The van der Waals surface area contributed by atoms with Crippen LogP contribution in [-0.4, -0.2) is 34.3 Å². The van der Waals surface area contributed by atoms with E-state index in [2.05, 4.69) is 34.4 Å². The van der Waals surface area contributed by atoms with E-state index < -0.39 is 5.60 Å². The molecule has 0 aliphatic heterocycles. The first-order valence-electron chi connectivity index (χ1n) is 7.31. The van der Waals surface area contributed by atoms with Gasteiger partial charge in [-0.25, -0.2) is 4.98 Å². The van der Waals surface area contributed by atoms with Crippen molar-refractivity contribution in [1.29, 1.82) is 0 Å². The fraction of sp³-hybridized carbons (Fsp3) is 0.733. The lowest BCUT2D eigenvalue weighted by Crippen LogP contribution is -2.42. The van der Waals surface area contributed by atoms with Crippen molar-refractivity contribution in [2.75, 3.05) is 24.2 Å². The summed E-state index contributed by atoms with van der Waals surface area (Å²) in [6.45, 7) is 7.06. The molecule has 0 amide bonds. The molecule has 1 fully saturated rings. The number of anilines is 2. The van der Waals surface area contributed by atoms with Gasteiger partial charge in [0.25, 0.3) is 0 Å². The minimum absolute atomic E-state index is 0.358. The third-order valence-electron chi connectivity index (χ3n) is 4.31. The maximum absolute atomic E-state index is 10.7. The van der Waals surface area contributed by atoms with Crippen molar-refractivity contribution in [2.24, 2.45) is 5.41 Å². The summed E-state index contributed by atoms with van der Waals surface area (Å²) in [7, 11) is 1.80. The first-order valence-corrected chi connectivity index (χ1v) is 7.31. The Hall–Kier alpha value is -1.36. The van der Waals surface area contributed by atoms with Crippen LogP contribution in [0, 0.1) is 12.3 Å². The Morgan fingerprint density at radius 3 is 2.50 bits per heavy atom. The van der Waals surface area contributed by atoms with Crippen LogP contribution in [0.5, 0.6) is 0 Å². The van der Waals surface area contributed by atoms with E-state index in [9.17, 15) is 5.11 Å². The highest BCUT2D eigenvalue weighted by Crippen LogP contribution is 2.40. The first kappa shape index (κ1) is 15.0. The lowest BCUT2D eigenvalue weighted by molar-refractivity contribution is -0.0145. The zero-order valence-electron chi connectivity index (χ0n) is 13.0. The van der Waals surface area contributed by atoms with Crippen molar-refractivity contribution in [3.05, 3.63) is 11.8 Å². The van der Waals surface area contributed by atoms with Crippen LogP contribution in [0.25, 0.3) is 0 Å². The number of aromatic nitrogens is 2. The second kappa shape index (κ2) is 5.56. The predicted octanol–water partition coefficient (Wildman–Crippen LogP) is 2.57. The van der Waals surface area contributed by atoms with E-state index in [-0.39, 0.29) is 0 Å². The number of nitrogens with zero attached hydrogens (tertiary/aromatic N) is 2. The lowest BCUT2D eigenvalue weighted by Gasteiger charge is -2.40. The topological polar surface area (TPSA) is 70.1 Å². The summed E-state index contributed by atoms with van der Waals surface area (Å²) >= 11 is 0. The van der Waals surface area contributed by atoms with E-state index in [1.807, 2.05) is 6.92 Å². The number of hydrogen-bond donors (Lipinski definition) is 3. The second-order valence-corrected chi connectivity index (χ2v) is 6.72. The molecular formula is C15H26N4O. The normalized spacial score (nSPS) is 20.4. The molecule has 0 spiro atoms. The van der Waals surface area contributed by atoms with Gasteiger partial charge in [-0.3, -0.25) is 0 Å². The average Bonchev–Trinajstić information content (AvgIpc) is 2.42. The highest BCUT2D eigenvalue weighted by Gasteiger charge is 2.36. The van der Waals surface area contributed by atoms with Crippen molar-refractivity contribution in [1.82, 2.24) is 9.97 Å². The van der Waals surface area contributed by atoms with Crippen molar-refractivity contribution < 1.29 is 5.11 Å². The highest BCUT2D eigenvalue weighted by molar-refractivity contribution is 5.46. The Labute approximate surface area is 121 Å². The van der Waals surface area contributed by atoms with Gasteiger partial charge in [0.15, 0.2) is 0 Å². The van der Waals surface area contributed by atoms with Gasteiger partial charge in [0, 0.05) is 25.4 Å².